The number of carbonyl (C=O) groups excluding carboxylic acids is 1. The first-order chi connectivity index (χ1) is 11.5. The van der Waals surface area contributed by atoms with Gasteiger partial charge in [0.1, 0.15) is 5.75 Å². The topological polar surface area (TPSA) is 55.6 Å². The number of hydrogen-bond acceptors (Lipinski definition) is 3. The molecule has 1 aliphatic rings. The number of rotatable bonds is 4. The number of carbonyl (C=O) groups is 1. The highest BCUT2D eigenvalue weighted by atomic mass is 35.5. The van der Waals surface area contributed by atoms with Crippen molar-refractivity contribution in [1.82, 2.24) is 0 Å². The van der Waals surface area contributed by atoms with Gasteiger partial charge in [-0.05, 0) is 30.5 Å². The highest BCUT2D eigenvalue weighted by Crippen LogP contribution is 2.37. The average molecular weight is 369 g/mol. The lowest BCUT2D eigenvalue weighted by Gasteiger charge is -2.37. The number of hydrogen-bond donors (Lipinski definition) is 1. The summed E-state index contributed by atoms with van der Waals surface area (Å²) >= 11 is 0. The maximum Gasteiger partial charge on any atom is 0.387 e. The number of amides is 1. The van der Waals surface area contributed by atoms with Crippen molar-refractivity contribution in [2.45, 2.75) is 32.0 Å². The molecule has 0 radical (unpaired) electrons. The van der Waals surface area contributed by atoms with Crippen molar-refractivity contribution in [2.24, 2.45) is 5.73 Å². The lowest BCUT2D eigenvalue weighted by molar-refractivity contribution is -0.120. The van der Waals surface area contributed by atoms with Gasteiger partial charge < -0.3 is 15.4 Å². The number of halogens is 3. The maximum atomic E-state index is 12.6. The molecule has 134 valence electrons. The Hall–Kier alpha value is -2.18. The highest BCUT2D eigenvalue weighted by molar-refractivity contribution is 6.01. The van der Waals surface area contributed by atoms with E-state index >= 15 is 0 Å². The Labute approximate surface area is 151 Å². The van der Waals surface area contributed by atoms with Crippen molar-refractivity contribution in [2.75, 3.05) is 4.90 Å². The van der Waals surface area contributed by atoms with Gasteiger partial charge in [-0.25, -0.2) is 0 Å². The molecule has 1 aliphatic heterocycles. The smallest absolute Gasteiger partial charge is 0.387 e. The number of alkyl halides is 2. The fraction of sp³-hybridized carbons (Fsp3) is 0.278. The fourth-order valence-electron chi connectivity index (χ4n) is 3.02. The minimum atomic E-state index is -2.91. The second-order valence-corrected chi connectivity index (χ2v) is 5.77. The van der Waals surface area contributed by atoms with E-state index in [0.29, 0.717) is 12.1 Å². The van der Waals surface area contributed by atoms with Crippen molar-refractivity contribution >= 4 is 24.0 Å². The first kappa shape index (κ1) is 19.1. The van der Waals surface area contributed by atoms with Gasteiger partial charge >= 0.3 is 6.61 Å². The molecule has 0 unspecified atom stereocenters. The third-order valence-electron chi connectivity index (χ3n) is 4.21. The van der Waals surface area contributed by atoms with E-state index in [9.17, 15) is 13.6 Å². The molecule has 0 fully saturated rings. The van der Waals surface area contributed by atoms with E-state index in [4.69, 9.17) is 5.73 Å². The van der Waals surface area contributed by atoms with Crippen LogP contribution < -0.4 is 15.4 Å². The van der Waals surface area contributed by atoms with Crippen molar-refractivity contribution < 1.29 is 18.3 Å². The summed E-state index contributed by atoms with van der Waals surface area (Å²) in [6, 6.07) is 13.2. The fourth-order valence-corrected chi connectivity index (χ4v) is 3.02. The van der Waals surface area contributed by atoms with E-state index in [1.165, 1.54) is 12.1 Å². The van der Waals surface area contributed by atoms with Crippen LogP contribution in [-0.4, -0.2) is 18.6 Å². The molecule has 2 aromatic carbocycles. The Morgan fingerprint density at radius 2 is 1.88 bits per heavy atom. The average Bonchev–Trinajstić information content (AvgIpc) is 2.56. The maximum absolute atomic E-state index is 12.6. The molecule has 0 saturated heterocycles. The van der Waals surface area contributed by atoms with Crippen LogP contribution in [0.4, 0.5) is 14.5 Å². The molecule has 0 aliphatic carbocycles. The molecule has 3 rings (SSSR count). The van der Waals surface area contributed by atoms with Crippen LogP contribution in [-0.2, 0) is 11.2 Å². The zero-order chi connectivity index (χ0) is 17.3. The molecule has 0 bridgehead atoms. The number of benzene rings is 2. The molecule has 0 spiro atoms. The van der Waals surface area contributed by atoms with Crippen molar-refractivity contribution in [3.63, 3.8) is 0 Å². The third kappa shape index (κ3) is 3.91. The van der Waals surface area contributed by atoms with Gasteiger partial charge in [0.05, 0.1) is 17.8 Å². The van der Waals surface area contributed by atoms with Gasteiger partial charge in [-0.3, -0.25) is 4.79 Å². The van der Waals surface area contributed by atoms with Crippen LogP contribution in [0.5, 0.6) is 5.75 Å². The first-order valence-electron chi connectivity index (χ1n) is 7.68. The van der Waals surface area contributed by atoms with Crippen LogP contribution in [0.3, 0.4) is 0 Å². The summed E-state index contributed by atoms with van der Waals surface area (Å²) in [6.07, 6.45) is 0.376. The normalized spacial score (nSPS) is 17.7. The zero-order valence-electron chi connectivity index (χ0n) is 13.6. The largest absolute Gasteiger partial charge is 0.435 e. The summed E-state index contributed by atoms with van der Waals surface area (Å²) in [5, 5.41) is 0. The number of nitrogens with two attached hydrogens (primary N) is 1. The predicted octanol–water partition coefficient (Wildman–Crippen LogP) is 3.69. The van der Waals surface area contributed by atoms with Crippen LogP contribution in [0.1, 0.15) is 24.1 Å². The minimum Gasteiger partial charge on any atom is -0.435 e. The lowest BCUT2D eigenvalue weighted by atomic mass is 9.94. The number of fused-ring (bicyclic) bond motifs is 1. The Kier molecular flexibility index (Phi) is 5.98. The summed E-state index contributed by atoms with van der Waals surface area (Å²) in [5.74, 6) is -0.203. The third-order valence-corrected chi connectivity index (χ3v) is 4.21. The van der Waals surface area contributed by atoms with Gasteiger partial charge in [0.15, 0.2) is 0 Å². The van der Waals surface area contributed by atoms with Crippen molar-refractivity contribution in [3.8, 4) is 5.75 Å². The molecule has 2 N–H and O–H groups in total. The van der Waals surface area contributed by atoms with E-state index in [1.54, 1.807) is 11.0 Å². The van der Waals surface area contributed by atoms with Crippen LogP contribution >= 0.6 is 12.4 Å². The number of nitrogens with zero attached hydrogens (tertiary/aromatic N) is 1. The second kappa shape index (κ2) is 7.80. The van der Waals surface area contributed by atoms with Gasteiger partial charge in [-0.15, -0.1) is 12.4 Å². The second-order valence-electron chi connectivity index (χ2n) is 5.77. The predicted molar refractivity (Wildman–Crippen MR) is 94.3 cm³/mol. The van der Waals surface area contributed by atoms with Crippen LogP contribution in [0.2, 0.25) is 0 Å². The molecule has 2 atom stereocenters. The highest BCUT2D eigenvalue weighted by Gasteiger charge is 2.34. The van der Waals surface area contributed by atoms with Crippen LogP contribution in [0.25, 0.3) is 0 Å². The van der Waals surface area contributed by atoms with Crippen molar-refractivity contribution in [3.05, 3.63) is 59.7 Å². The Morgan fingerprint density at radius 1 is 1.20 bits per heavy atom. The molecule has 1 amide bonds. The van der Waals surface area contributed by atoms with E-state index in [1.807, 2.05) is 37.3 Å². The molecule has 2 aromatic rings. The summed E-state index contributed by atoms with van der Waals surface area (Å²) in [4.78, 5) is 14.2. The van der Waals surface area contributed by atoms with Crippen LogP contribution in [0.15, 0.2) is 48.5 Å². The van der Waals surface area contributed by atoms with E-state index < -0.39 is 12.7 Å². The quantitative estimate of drug-likeness (QED) is 0.895. The molecule has 4 nitrogen and oxygen atoms in total. The van der Waals surface area contributed by atoms with Gasteiger partial charge in [-0.1, -0.05) is 36.4 Å². The Balaban J connectivity index is 0.00000225. The lowest BCUT2D eigenvalue weighted by Crippen LogP contribution is -2.49. The monoisotopic (exact) mass is 368 g/mol. The summed E-state index contributed by atoms with van der Waals surface area (Å²) in [6.45, 7) is -1.03. The first-order valence-corrected chi connectivity index (χ1v) is 7.68. The Bertz CT molecular complexity index is 743. The molecule has 7 heteroatoms. The summed E-state index contributed by atoms with van der Waals surface area (Å²) < 4.78 is 29.5. The number of ether oxygens (including phenoxy) is 1. The zero-order valence-corrected chi connectivity index (χ0v) is 14.4. The molecule has 0 saturated carbocycles. The van der Waals surface area contributed by atoms with Crippen LogP contribution in [0, 0.1) is 0 Å². The van der Waals surface area contributed by atoms with Gasteiger partial charge in [0.25, 0.3) is 0 Å². The molecular formula is C18H19ClF2N2O2. The van der Waals surface area contributed by atoms with E-state index in [-0.39, 0.29) is 30.1 Å². The van der Waals surface area contributed by atoms with Crippen molar-refractivity contribution in [1.29, 1.82) is 0 Å². The van der Waals surface area contributed by atoms with Gasteiger partial charge in [0.2, 0.25) is 5.91 Å². The number of anilines is 1. The SMILES string of the molecule is C[C@@H](c1ccccc1)N1C(=O)[C@H](N)Cc2ccc(OC(F)F)cc21.Cl. The summed E-state index contributed by atoms with van der Waals surface area (Å²) in [7, 11) is 0. The Morgan fingerprint density at radius 3 is 2.52 bits per heavy atom. The molecule has 0 aromatic heterocycles. The van der Waals surface area contributed by atoms with E-state index in [0.717, 1.165) is 11.1 Å². The van der Waals surface area contributed by atoms with Gasteiger partial charge in [-0.2, -0.15) is 8.78 Å². The molecule has 1 heterocycles. The molecule has 25 heavy (non-hydrogen) atoms. The van der Waals surface area contributed by atoms with E-state index in [2.05, 4.69) is 4.74 Å². The minimum absolute atomic E-state index is 0. The standard InChI is InChI=1S/C18H18F2N2O2.ClH/c1-11(12-5-3-2-4-6-12)22-16-10-14(24-18(19)20)8-7-13(16)9-15(21)17(22)23;/h2-8,10-11,15,18H,9,21H2,1H3;1H/t11-,15+;/m0./s1. The summed E-state index contributed by atoms with van der Waals surface area (Å²) in [5.41, 5.74) is 8.32. The molecular weight excluding hydrogens is 350 g/mol. The van der Waals surface area contributed by atoms with Gasteiger partial charge in [0, 0.05) is 6.07 Å².